The molecule has 0 aliphatic rings. The lowest BCUT2D eigenvalue weighted by molar-refractivity contribution is 0.270. The fraction of sp³-hybridized carbons (Fsp3) is 0.143. The van der Waals surface area contributed by atoms with Gasteiger partial charge in [-0.2, -0.15) is 0 Å². The number of hydrogen-bond acceptors (Lipinski definition) is 4. The van der Waals surface area contributed by atoms with Gasteiger partial charge >= 0.3 is 7.12 Å². The third-order valence-electron chi connectivity index (χ3n) is 2.78. The zero-order valence-electron chi connectivity index (χ0n) is 10.9. The second kappa shape index (κ2) is 6.41. The molecule has 0 spiro atoms. The summed E-state index contributed by atoms with van der Waals surface area (Å²) in [4.78, 5) is 0. The Morgan fingerprint density at radius 2 is 1.85 bits per heavy atom. The first kappa shape index (κ1) is 14.4. The van der Waals surface area contributed by atoms with E-state index in [1.54, 1.807) is 0 Å². The van der Waals surface area contributed by atoms with E-state index in [0.29, 0.717) is 0 Å². The third-order valence-corrected chi connectivity index (χ3v) is 2.78. The summed E-state index contributed by atoms with van der Waals surface area (Å²) in [5.41, 5.74) is 0.895. The predicted molar refractivity (Wildman–Crippen MR) is 73.6 cm³/mol. The topological polar surface area (TPSA) is 58.9 Å². The van der Waals surface area contributed by atoms with Gasteiger partial charge in [-0.1, -0.05) is 30.3 Å². The van der Waals surface area contributed by atoms with Crippen molar-refractivity contribution in [2.24, 2.45) is 0 Å². The second-order valence-corrected chi connectivity index (χ2v) is 4.18. The summed E-state index contributed by atoms with van der Waals surface area (Å²) in [6, 6.07) is 11.6. The maximum absolute atomic E-state index is 13.9. The summed E-state index contributed by atoms with van der Waals surface area (Å²) in [5.74, 6) is -0.645. The molecule has 0 fully saturated rings. The molecule has 0 amide bonds. The quantitative estimate of drug-likeness (QED) is 0.803. The molecular formula is C14H14BFO4. The minimum absolute atomic E-state index is 0.00594. The van der Waals surface area contributed by atoms with Crippen molar-refractivity contribution in [1.29, 1.82) is 0 Å². The average molecular weight is 276 g/mol. The molecule has 0 saturated heterocycles. The molecule has 4 nitrogen and oxygen atoms in total. The third kappa shape index (κ3) is 3.29. The van der Waals surface area contributed by atoms with E-state index < -0.39 is 12.9 Å². The number of ether oxygens (including phenoxy) is 2. The van der Waals surface area contributed by atoms with Crippen molar-refractivity contribution in [3.05, 3.63) is 53.8 Å². The molecule has 0 atom stereocenters. The Morgan fingerprint density at radius 1 is 1.15 bits per heavy atom. The van der Waals surface area contributed by atoms with Crippen LogP contribution in [0.25, 0.3) is 0 Å². The Morgan fingerprint density at radius 3 is 2.45 bits per heavy atom. The minimum atomic E-state index is -1.76. The van der Waals surface area contributed by atoms with Gasteiger partial charge in [0.2, 0.25) is 0 Å². The van der Waals surface area contributed by atoms with Crippen LogP contribution in [0.15, 0.2) is 42.5 Å². The molecule has 2 aromatic rings. The van der Waals surface area contributed by atoms with Crippen molar-refractivity contribution in [3.63, 3.8) is 0 Å². The summed E-state index contributed by atoms with van der Waals surface area (Å²) in [6.07, 6.45) is 0. The van der Waals surface area contributed by atoms with Crippen LogP contribution in [0.5, 0.6) is 11.5 Å². The van der Waals surface area contributed by atoms with E-state index in [1.165, 1.54) is 13.2 Å². The highest BCUT2D eigenvalue weighted by molar-refractivity contribution is 6.58. The molecule has 0 saturated carbocycles. The molecule has 2 rings (SSSR count). The van der Waals surface area contributed by atoms with Gasteiger partial charge in [-0.15, -0.1) is 0 Å². The van der Waals surface area contributed by atoms with E-state index in [0.717, 1.165) is 11.6 Å². The maximum Gasteiger partial charge on any atom is 0.488 e. The predicted octanol–water partition coefficient (Wildman–Crippen LogP) is 1.09. The largest absolute Gasteiger partial charge is 0.493 e. The summed E-state index contributed by atoms with van der Waals surface area (Å²) >= 11 is 0. The molecule has 0 aromatic heterocycles. The SMILES string of the molecule is COc1cc(B(O)O)cc(F)c1OCc1ccccc1. The maximum atomic E-state index is 13.9. The zero-order chi connectivity index (χ0) is 14.5. The van der Waals surface area contributed by atoms with Gasteiger partial charge in [-0.3, -0.25) is 0 Å². The van der Waals surface area contributed by atoms with Crippen molar-refractivity contribution in [3.8, 4) is 11.5 Å². The molecule has 0 heterocycles. The van der Waals surface area contributed by atoms with Crippen molar-refractivity contribution in [1.82, 2.24) is 0 Å². The first-order chi connectivity index (χ1) is 9.61. The minimum Gasteiger partial charge on any atom is -0.493 e. The fourth-order valence-corrected chi connectivity index (χ4v) is 1.76. The average Bonchev–Trinajstić information content (AvgIpc) is 2.46. The van der Waals surface area contributed by atoms with E-state index >= 15 is 0 Å². The molecule has 0 radical (unpaired) electrons. The summed E-state index contributed by atoms with van der Waals surface area (Å²) in [5, 5.41) is 18.1. The van der Waals surface area contributed by atoms with Crippen LogP contribution in [0.1, 0.15) is 5.56 Å². The Hall–Kier alpha value is -2.05. The van der Waals surface area contributed by atoms with Crippen LogP contribution < -0.4 is 14.9 Å². The van der Waals surface area contributed by atoms with E-state index in [-0.39, 0.29) is 23.6 Å². The van der Waals surface area contributed by atoms with Gasteiger partial charge in [0.05, 0.1) is 7.11 Å². The molecule has 104 valence electrons. The fourth-order valence-electron chi connectivity index (χ4n) is 1.76. The first-order valence-corrected chi connectivity index (χ1v) is 6.02. The van der Waals surface area contributed by atoms with Gasteiger partial charge in [-0.25, -0.2) is 4.39 Å². The number of hydrogen-bond donors (Lipinski definition) is 2. The Balaban J connectivity index is 2.23. The summed E-state index contributed by atoms with van der Waals surface area (Å²) < 4.78 is 24.4. The monoisotopic (exact) mass is 276 g/mol. The highest BCUT2D eigenvalue weighted by Gasteiger charge is 2.19. The lowest BCUT2D eigenvalue weighted by atomic mass is 9.80. The standard InChI is InChI=1S/C14H14BFO4/c1-19-13-8-11(15(17)18)7-12(16)14(13)20-9-10-5-3-2-4-6-10/h2-8,17-18H,9H2,1H3. The van der Waals surface area contributed by atoms with Gasteiger partial charge in [0.25, 0.3) is 0 Å². The van der Waals surface area contributed by atoms with Gasteiger partial charge in [0.1, 0.15) is 6.61 Å². The highest BCUT2D eigenvalue weighted by Crippen LogP contribution is 2.29. The lowest BCUT2D eigenvalue weighted by Crippen LogP contribution is -2.30. The molecule has 0 unspecified atom stereocenters. The summed E-state index contributed by atoms with van der Waals surface area (Å²) in [6.45, 7) is 0.190. The Bertz CT molecular complexity index is 575. The van der Waals surface area contributed by atoms with Gasteiger partial charge in [0, 0.05) is 0 Å². The van der Waals surface area contributed by atoms with Crippen molar-refractivity contribution in [2.45, 2.75) is 6.61 Å². The van der Waals surface area contributed by atoms with E-state index in [9.17, 15) is 4.39 Å². The first-order valence-electron chi connectivity index (χ1n) is 6.02. The Labute approximate surface area is 116 Å². The molecule has 6 heteroatoms. The van der Waals surface area contributed by atoms with Crippen molar-refractivity contribution < 1.29 is 23.9 Å². The molecule has 2 N–H and O–H groups in total. The van der Waals surface area contributed by atoms with Crippen LogP contribution in [0.2, 0.25) is 0 Å². The van der Waals surface area contributed by atoms with Gasteiger partial charge < -0.3 is 19.5 Å². The number of benzene rings is 2. The van der Waals surface area contributed by atoms with Crippen molar-refractivity contribution >= 4 is 12.6 Å². The van der Waals surface area contributed by atoms with Crippen molar-refractivity contribution in [2.75, 3.05) is 7.11 Å². The van der Waals surface area contributed by atoms with Crippen LogP contribution in [0.3, 0.4) is 0 Å². The lowest BCUT2D eigenvalue weighted by Gasteiger charge is -2.13. The van der Waals surface area contributed by atoms with Crippen LogP contribution in [0, 0.1) is 5.82 Å². The zero-order valence-corrected chi connectivity index (χ0v) is 10.9. The van der Waals surface area contributed by atoms with Gasteiger partial charge in [-0.05, 0) is 23.2 Å². The Kier molecular flexibility index (Phi) is 4.60. The van der Waals surface area contributed by atoms with Crippen LogP contribution in [-0.2, 0) is 6.61 Å². The van der Waals surface area contributed by atoms with E-state index in [1.807, 2.05) is 30.3 Å². The molecule has 0 bridgehead atoms. The van der Waals surface area contributed by atoms with Crippen LogP contribution >= 0.6 is 0 Å². The second-order valence-electron chi connectivity index (χ2n) is 4.18. The van der Waals surface area contributed by atoms with Crippen LogP contribution in [-0.4, -0.2) is 24.3 Å². The molecular weight excluding hydrogens is 262 g/mol. The molecule has 0 aliphatic heterocycles. The number of methoxy groups -OCH3 is 1. The molecule has 20 heavy (non-hydrogen) atoms. The number of halogens is 1. The highest BCUT2D eigenvalue weighted by atomic mass is 19.1. The normalized spacial score (nSPS) is 10.2. The van der Waals surface area contributed by atoms with Gasteiger partial charge in [0.15, 0.2) is 17.3 Å². The van der Waals surface area contributed by atoms with Crippen LogP contribution in [0.4, 0.5) is 4.39 Å². The summed E-state index contributed by atoms with van der Waals surface area (Å²) in [7, 11) is -0.404. The molecule has 2 aromatic carbocycles. The number of rotatable bonds is 5. The molecule has 0 aliphatic carbocycles. The van der Waals surface area contributed by atoms with E-state index in [2.05, 4.69) is 0 Å². The van der Waals surface area contributed by atoms with E-state index in [4.69, 9.17) is 19.5 Å². The smallest absolute Gasteiger partial charge is 0.488 e.